The minimum atomic E-state index is -5.69. The number of halogens is 5. The van der Waals surface area contributed by atoms with Crippen LogP contribution < -0.4 is 5.73 Å². The van der Waals surface area contributed by atoms with Crippen LogP contribution in [0.15, 0.2) is 23.1 Å². The maximum absolute atomic E-state index is 13.6. The first kappa shape index (κ1) is 17.1. The molecule has 104 valence electrons. The van der Waals surface area contributed by atoms with Crippen LogP contribution in [0.2, 0.25) is 0 Å². The van der Waals surface area contributed by atoms with E-state index in [1.54, 1.807) is 0 Å². The monoisotopic (exact) mass is 307 g/mol. The van der Waals surface area contributed by atoms with Crippen LogP contribution in [-0.4, -0.2) is 13.9 Å². The zero-order chi connectivity index (χ0) is 13.4. The Morgan fingerprint density at radius 2 is 1.78 bits per heavy atom. The Bertz CT molecular complexity index is 528. The van der Waals surface area contributed by atoms with E-state index in [1.165, 1.54) is 6.92 Å². The summed E-state index contributed by atoms with van der Waals surface area (Å²) in [5, 5.41) is 0. The first-order valence-corrected chi connectivity index (χ1v) is 5.92. The van der Waals surface area contributed by atoms with Gasteiger partial charge in [0, 0.05) is 11.6 Å². The summed E-state index contributed by atoms with van der Waals surface area (Å²) in [7, 11) is -5.69. The van der Waals surface area contributed by atoms with Crippen LogP contribution in [0.25, 0.3) is 0 Å². The van der Waals surface area contributed by atoms with E-state index in [1.807, 2.05) is 0 Å². The molecule has 9 heteroatoms. The molecule has 0 spiro atoms. The van der Waals surface area contributed by atoms with Crippen molar-refractivity contribution in [3.05, 3.63) is 29.6 Å². The van der Waals surface area contributed by atoms with Crippen LogP contribution in [0.5, 0.6) is 0 Å². The van der Waals surface area contributed by atoms with Gasteiger partial charge in [-0.3, -0.25) is 0 Å². The number of sulfone groups is 1. The Hall–Kier alpha value is -0.860. The third kappa shape index (κ3) is 2.93. The summed E-state index contributed by atoms with van der Waals surface area (Å²) in [4.78, 5) is -1.40. The number of benzene rings is 1. The summed E-state index contributed by atoms with van der Waals surface area (Å²) in [6.45, 7) is 1.34. The maximum atomic E-state index is 13.6. The number of rotatable bonds is 2. The average molecular weight is 308 g/mol. The minimum absolute atomic E-state index is 0. The fraction of sp³-hybridized carbons (Fsp3) is 0.333. The SMILES string of the molecule is CC(N)c1cccc(S(=O)(=O)C(F)(F)F)c1F.Cl. The average Bonchev–Trinajstić information content (AvgIpc) is 2.15. The molecule has 18 heavy (non-hydrogen) atoms. The summed E-state index contributed by atoms with van der Waals surface area (Å²) in [5.41, 5.74) is -0.500. The van der Waals surface area contributed by atoms with E-state index in [0.29, 0.717) is 6.07 Å². The van der Waals surface area contributed by atoms with Gasteiger partial charge in [-0.25, -0.2) is 12.8 Å². The Kier molecular flexibility index (Phi) is 5.16. The second-order valence-electron chi connectivity index (χ2n) is 3.40. The Morgan fingerprint density at radius 3 is 2.17 bits per heavy atom. The van der Waals surface area contributed by atoms with Crippen LogP contribution in [0.1, 0.15) is 18.5 Å². The molecule has 1 atom stereocenters. The molecular formula is C9H10ClF4NO2S. The summed E-state index contributed by atoms with van der Waals surface area (Å²) in [6, 6.07) is 1.80. The van der Waals surface area contributed by atoms with Crippen molar-refractivity contribution in [2.24, 2.45) is 5.73 Å². The lowest BCUT2D eigenvalue weighted by Crippen LogP contribution is -2.25. The Morgan fingerprint density at radius 1 is 1.28 bits per heavy atom. The van der Waals surface area contributed by atoms with E-state index in [-0.39, 0.29) is 18.0 Å². The molecule has 0 heterocycles. The van der Waals surface area contributed by atoms with E-state index < -0.39 is 32.1 Å². The molecule has 1 aromatic rings. The molecule has 0 aliphatic heterocycles. The smallest absolute Gasteiger partial charge is 0.324 e. The number of hydrogen-bond donors (Lipinski definition) is 1. The van der Waals surface area contributed by atoms with Crippen LogP contribution in [0, 0.1) is 5.82 Å². The highest BCUT2D eigenvalue weighted by Gasteiger charge is 2.48. The van der Waals surface area contributed by atoms with Crippen molar-refractivity contribution in [1.82, 2.24) is 0 Å². The Balaban J connectivity index is 0.00000289. The summed E-state index contributed by atoms with van der Waals surface area (Å²) >= 11 is 0. The lowest BCUT2D eigenvalue weighted by atomic mass is 10.1. The largest absolute Gasteiger partial charge is 0.502 e. The fourth-order valence-electron chi connectivity index (χ4n) is 1.21. The summed E-state index contributed by atoms with van der Waals surface area (Å²) in [5.74, 6) is -1.46. The van der Waals surface area contributed by atoms with Crippen molar-refractivity contribution in [2.45, 2.75) is 23.4 Å². The van der Waals surface area contributed by atoms with E-state index in [2.05, 4.69) is 0 Å². The van der Waals surface area contributed by atoms with Gasteiger partial charge in [-0.1, -0.05) is 12.1 Å². The second kappa shape index (κ2) is 5.41. The molecule has 0 aromatic heterocycles. The quantitative estimate of drug-likeness (QED) is 0.854. The number of hydrogen-bond acceptors (Lipinski definition) is 3. The van der Waals surface area contributed by atoms with Crippen molar-refractivity contribution < 1.29 is 26.0 Å². The number of alkyl halides is 3. The van der Waals surface area contributed by atoms with Gasteiger partial charge in [-0.15, -0.1) is 12.4 Å². The molecule has 1 rings (SSSR count). The highest BCUT2D eigenvalue weighted by atomic mass is 35.5. The van der Waals surface area contributed by atoms with Gasteiger partial charge in [0.25, 0.3) is 9.84 Å². The van der Waals surface area contributed by atoms with Gasteiger partial charge in [0.15, 0.2) is 0 Å². The van der Waals surface area contributed by atoms with Gasteiger partial charge in [0.05, 0.1) is 0 Å². The molecule has 2 N–H and O–H groups in total. The van der Waals surface area contributed by atoms with Crippen LogP contribution in [0.4, 0.5) is 17.6 Å². The van der Waals surface area contributed by atoms with Gasteiger partial charge in [0.1, 0.15) is 10.7 Å². The third-order valence-corrected chi connectivity index (χ3v) is 3.58. The predicted molar refractivity (Wildman–Crippen MR) is 59.5 cm³/mol. The molecule has 0 saturated heterocycles. The summed E-state index contributed by atoms with van der Waals surface area (Å²) < 4.78 is 72.4. The Labute approximate surface area is 107 Å². The van der Waals surface area contributed by atoms with Gasteiger partial charge >= 0.3 is 5.51 Å². The molecule has 0 fully saturated rings. The third-order valence-electron chi connectivity index (χ3n) is 2.08. The fourth-order valence-corrected chi connectivity index (χ4v) is 2.07. The zero-order valence-corrected chi connectivity index (χ0v) is 10.7. The molecule has 1 unspecified atom stereocenters. The van der Waals surface area contributed by atoms with Crippen molar-refractivity contribution in [2.75, 3.05) is 0 Å². The predicted octanol–water partition coefficient (Wildman–Crippen LogP) is 2.56. The molecule has 0 amide bonds. The molecule has 1 aromatic carbocycles. The van der Waals surface area contributed by atoms with Gasteiger partial charge in [-0.2, -0.15) is 13.2 Å². The van der Waals surface area contributed by atoms with Gasteiger partial charge in [0.2, 0.25) is 0 Å². The zero-order valence-electron chi connectivity index (χ0n) is 9.03. The number of nitrogens with two attached hydrogens (primary N) is 1. The maximum Gasteiger partial charge on any atom is 0.502 e. The van der Waals surface area contributed by atoms with E-state index in [4.69, 9.17) is 5.73 Å². The van der Waals surface area contributed by atoms with E-state index in [9.17, 15) is 26.0 Å². The van der Waals surface area contributed by atoms with Gasteiger partial charge in [-0.05, 0) is 13.0 Å². The van der Waals surface area contributed by atoms with Gasteiger partial charge < -0.3 is 5.73 Å². The van der Waals surface area contributed by atoms with Crippen molar-refractivity contribution >= 4 is 22.2 Å². The minimum Gasteiger partial charge on any atom is -0.324 e. The van der Waals surface area contributed by atoms with Crippen molar-refractivity contribution in [3.8, 4) is 0 Å². The normalized spacial score (nSPS) is 13.9. The topological polar surface area (TPSA) is 60.2 Å². The standard InChI is InChI=1S/C9H9F4NO2S.ClH/c1-5(14)6-3-2-4-7(8(6)10)17(15,16)9(11,12)13;/h2-5H,14H2,1H3;1H. The van der Waals surface area contributed by atoms with E-state index in [0.717, 1.165) is 12.1 Å². The highest BCUT2D eigenvalue weighted by Crippen LogP contribution is 2.33. The second-order valence-corrected chi connectivity index (χ2v) is 5.31. The first-order valence-electron chi connectivity index (χ1n) is 4.44. The molecule has 0 radical (unpaired) electrons. The molecule has 3 nitrogen and oxygen atoms in total. The van der Waals surface area contributed by atoms with Crippen LogP contribution in [-0.2, 0) is 9.84 Å². The van der Waals surface area contributed by atoms with Crippen molar-refractivity contribution in [3.63, 3.8) is 0 Å². The highest BCUT2D eigenvalue weighted by molar-refractivity contribution is 7.92. The lowest BCUT2D eigenvalue weighted by molar-refractivity contribution is -0.0437. The molecule has 0 saturated carbocycles. The lowest BCUT2D eigenvalue weighted by Gasteiger charge is -2.12. The van der Waals surface area contributed by atoms with Crippen molar-refractivity contribution in [1.29, 1.82) is 0 Å². The van der Waals surface area contributed by atoms with Crippen LogP contribution >= 0.6 is 12.4 Å². The molecule has 0 aliphatic carbocycles. The molecule has 0 bridgehead atoms. The van der Waals surface area contributed by atoms with Crippen LogP contribution in [0.3, 0.4) is 0 Å². The van der Waals surface area contributed by atoms with E-state index >= 15 is 0 Å². The first-order chi connectivity index (χ1) is 7.59. The summed E-state index contributed by atoms with van der Waals surface area (Å²) in [6.07, 6.45) is 0. The molecule has 0 aliphatic rings. The molecular weight excluding hydrogens is 298 g/mol.